The number of nitrogens with zero attached hydrogens (tertiary/aromatic N) is 2. The van der Waals surface area contributed by atoms with E-state index >= 15 is 0 Å². The first kappa shape index (κ1) is 57.0. The molecule has 3 atom stereocenters. The number of esters is 3. The molecule has 3 unspecified atom stereocenters. The Morgan fingerprint density at radius 2 is 1.03 bits per heavy atom. The summed E-state index contributed by atoms with van der Waals surface area (Å²) in [5.41, 5.74) is 0.589. The van der Waals surface area contributed by atoms with E-state index in [1.54, 1.807) is 19.2 Å². The number of aliphatic hydroxyl groups excluding tert-OH is 1. The molecule has 2 N–H and O–H groups in total. The van der Waals surface area contributed by atoms with Crippen molar-refractivity contribution in [2.24, 2.45) is 23.7 Å². The summed E-state index contributed by atoms with van der Waals surface area (Å²) in [6.45, 7) is 18.8. The van der Waals surface area contributed by atoms with Crippen molar-refractivity contribution in [1.29, 1.82) is 0 Å². The molecular formula is C50H87N3O11. The first-order chi connectivity index (χ1) is 31.2. The standard InChI is InChI=1S/C18H26N2O4.C13H24O3.C12H23NO3.C7H14O/c1-3-16(18(22)23-4-2)24-13-14-7-9-20(10-8-14)17-6-5-15(12-21)11-19-17;1-3-12(13(14)15-4-2)16-10-11-8-6-5-7-9-11;1-3-11(12(14)15-4-2)16-9-10-5-7-13-8-6-10;8-6-7-4-2-1-3-5-7/h5-6,11-12,14,16H,3-4,7-10,13H2,1-2H3;11-12H,3-10H2,1-2H3;10-11,13H,3-9H2,1-2H3;7-8H,1-6H2. The first-order valence-corrected chi connectivity index (χ1v) is 25.0. The minimum atomic E-state index is -0.458. The third-order valence-corrected chi connectivity index (χ3v) is 12.4. The van der Waals surface area contributed by atoms with Gasteiger partial charge in [0.15, 0.2) is 24.6 Å². The molecule has 0 aromatic carbocycles. The fourth-order valence-electron chi connectivity index (χ4n) is 8.27. The zero-order valence-electron chi connectivity index (χ0n) is 40.6. The molecule has 4 fully saturated rings. The molecule has 0 bridgehead atoms. The first-order valence-electron chi connectivity index (χ1n) is 25.0. The molecule has 4 aliphatic rings. The number of carbonyl (C=O) groups is 4. The Hall–Kier alpha value is -3.17. The summed E-state index contributed by atoms with van der Waals surface area (Å²) < 4.78 is 32.0. The van der Waals surface area contributed by atoms with Crippen molar-refractivity contribution in [1.82, 2.24) is 10.3 Å². The molecule has 5 rings (SSSR count). The van der Waals surface area contributed by atoms with Crippen LogP contribution in [0.15, 0.2) is 18.3 Å². The fourth-order valence-corrected chi connectivity index (χ4v) is 8.27. The number of hydrogen-bond acceptors (Lipinski definition) is 14. The molecule has 1 aromatic rings. The lowest BCUT2D eigenvalue weighted by Gasteiger charge is -2.33. The van der Waals surface area contributed by atoms with E-state index in [2.05, 4.69) is 15.2 Å². The number of aromatic nitrogens is 1. The molecule has 368 valence electrons. The van der Waals surface area contributed by atoms with E-state index in [-0.39, 0.29) is 30.1 Å². The molecule has 2 aliphatic heterocycles. The summed E-state index contributed by atoms with van der Waals surface area (Å²) in [6.07, 6.45) is 20.5. The summed E-state index contributed by atoms with van der Waals surface area (Å²) in [5, 5.41) is 12.0. The van der Waals surface area contributed by atoms with Gasteiger partial charge in [0.25, 0.3) is 0 Å². The van der Waals surface area contributed by atoms with Crippen LogP contribution in [0.25, 0.3) is 0 Å². The molecule has 2 saturated carbocycles. The van der Waals surface area contributed by atoms with E-state index in [0.717, 1.165) is 70.6 Å². The van der Waals surface area contributed by atoms with Gasteiger partial charge >= 0.3 is 17.9 Å². The molecule has 64 heavy (non-hydrogen) atoms. The van der Waals surface area contributed by atoms with Gasteiger partial charge in [0.05, 0.1) is 39.6 Å². The summed E-state index contributed by atoms with van der Waals surface area (Å²) in [5.74, 6) is 2.53. The highest BCUT2D eigenvalue weighted by molar-refractivity contribution is 5.75. The van der Waals surface area contributed by atoms with Crippen LogP contribution in [-0.2, 0) is 42.8 Å². The third kappa shape index (κ3) is 23.8. The Morgan fingerprint density at radius 1 is 0.625 bits per heavy atom. The largest absolute Gasteiger partial charge is 0.464 e. The molecule has 1 aromatic heterocycles. The summed E-state index contributed by atoms with van der Waals surface area (Å²) >= 11 is 0. The molecule has 3 heterocycles. The second-order valence-electron chi connectivity index (χ2n) is 17.3. The molecule has 0 radical (unpaired) electrons. The fraction of sp³-hybridized carbons (Fsp3) is 0.820. The van der Waals surface area contributed by atoms with Gasteiger partial charge in [0.2, 0.25) is 0 Å². The maximum atomic E-state index is 11.7. The van der Waals surface area contributed by atoms with E-state index in [4.69, 9.17) is 33.5 Å². The van der Waals surface area contributed by atoms with Crippen LogP contribution in [0.3, 0.4) is 0 Å². The molecule has 2 aliphatic carbocycles. The third-order valence-electron chi connectivity index (χ3n) is 12.4. The molecule has 14 nitrogen and oxygen atoms in total. The summed E-state index contributed by atoms with van der Waals surface area (Å²) in [7, 11) is 0. The van der Waals surface area contributed by atoms with Gasteiger partial charge in [-0.25, -0.2) is 19.4 Å². The number of aldehydes is 1. The van der Waals surface area contributed by atoms with Crippen molar-refractivity contribution >= 4 is 30.0 Å². The van der Waals surface area contributed by atoms with Crippen LogP contribution in [0.1, 0.15) is 161 Å². The Bertz CT molecular complexity index is 1300. The van der Waals surface area contributed by atoms with Crippen molar-refractivity contribution in [2.45, 2.75) is 169 Å². The van der Waals surface area contributed by atoms with Gasteiger partial charge in [-0.15, -0.1) is 0 Å². The molecule has 0 spiro atoms. The number of nitrogens with one attached hydrogen (secondary N) is 1. The average Bonchev–Trinajstić information content (AvgIpc) is 3.34. The van der Waals surface area contributed by atoms with Gasteiger partial charge < -0.3 is 43.7 Å². The number of hydrogen-bond donors (Lipinski definition) is 2. The minimum Gasteiger partial charge on any atom is -0.464 e. The van der Waals surface area contributed by atoms with Gasteiger partial charge in [0, 0.05) is 31.5 Å². The number of rotatable bonds is 21. The number of pyridine rings is 1. The maximum absolute atomic E-state index is 11.7. The van der Waals surface area contributed by atoms with Crippen LogP contribution in [0.4, 0.5) is 5.82 Å². The highest BCUT2D eigenvalue weighted by atomic mass is 16.6. The van der Waals surface area contributed by atoms with E-state index in [1.165, 1.54) is 64.2 Å². The van der Waals surface area contributed by atoms with Crippen LogP contribution >= 0.6 is 0 Å². The molecule has 0 amide bonds. The van der Waals surface area contributed by atoms with E-state index < -0.39 is 6.10 Å². The van der Waals surface area contributed by atoms with E-state index in [1.807, 2.05) is 40.7 Å². The van der Waals surface area contributed by atoms with Crippen LogP contribution in [0, 0.1) is 23.7 Å². The van der Waals surface area contributed by atoms with Gasteiger partial charge in [-0.2, -0.15) is 0 Å². The number of carbonyl (C=O) groups excluding carboxylic acids is 4. The lowest BCUT2D eigenvalue weighted by molar-refractivity contribution is -0.158. The summed E-state index contributed by atoms with van der Waals surface area (Å²) in [4.78, 5) is 52.0. The predicted molar refractivity (Wildman–Crippen MR) is 250 cm³/mol. The van der Waals surface area contributed by atoms with Crippen LogP contribution in [-0.4, -0.2) is 125 Å². The molecule has 2 saturated heterocycles. The lowest BCUT2D eigenvalue weighted by Crippen LogP contribution is -2.37. The average molecular weight is 906 g/mol. The van der Waals surface area contributed by atoms with Crippen molar-refractivity contribution in [3.8, 4) is 0 Å². The normalized spacial score (nSPS) is 18.9. The van der Waals surface area contributed by atoms with E-state index in [0.29, 0.717) is 88.1 Å². The van der Waals surface area contributed by atoms with Crippen molar-refractivity contribution in [2.75, 3.05) is 77.3 Å². The quantitative estimate of drug-likeness (QED) is 0.0686. The van der Waals surface area contributed by atoms with Gasteiger partial charge in [0.1, 0.15) is 5.82 Å². The van der Waals surface area contributed by atoms with Crippen LogP contribution in [0.5, 0.6) is 0 Å². The van der Waals surface area contributed by atoms with Gasteiger partial charge in [-0.1, -0.05) is 59.3 Å². The second-order valence-corrected chi connectivity index (χ2v) is 17.3. The maximum Gasteiger partial charge on any atom is 0.335 e. The predicted octanol–water partition coefficient (Wildman–Crippen LogP) is 8.30. The van der Waals surface area contributed by atoms with Crippen molar-refractivity contribution in [3.63, 3.8) is 0 Å². The van der Waals surface area contributed by atoms with Crippen molar-refractivity contribution < 1.29 is 52.7 Å². The number of piperidine rings is 2. The van der Waals surface area contributed by atoms with Gasteiger partial charge in [-0.3, -0.25) is 4.79 Å². The topological polar surface area (TPSA) is 172 Å². The highest BCUT2D eigenvalue weighted by Crippen LogP contribution is 2.25. The monoisotopic (exact) mass is 906 g/mol. The number of ether oxygens (including phenoxy) is 6. The molecular weight excluding hydrogens is 819 g/mol. The molecule has 14 heteroatoms. The SMILES string of the molecule is CCOC(=O)C(CC)OCC1CCCCC1.CCOC(=O)C(CC)OCC1CCN(c2ccc(C=O)cn2)CC1.CCOC(=O)C(CC)OCC1CCNCC1.OCC1CCCCC1. The Morgan fingerprint density at radius 3 is 1.38 bits per heavy atom. The number of aliphatic hydroxyl groups is 1. The zero-order chi connectivity index (χ0) is 46.8. The smallest absolute Gasteiger partial charge is 0.335 e. The second kappa shape index (κ2) is 36.0. The minimum absolute atomic E-state index is 0.208. The zero-order valence-corrected chi connectivity index (χ0v) is 40.6. The van der Waals surface area contributed by atoms with Crippen LogP contribution in [0.2, 0.25) is 0 Å². The number of anilines is 1. The van der Waals surface area contributed by atoms with E-state index in [9.17, 15) is 19.2 Å². The highest BCUT2D eigenvalue weighted by Gasteiger charge is 2.25. The Kier molecular flexibility index (Phi) is 32.0. The Balaban J connectivity index is 0.000000311. The summed E-state index contributed by atoms with van der Waals surface area (Å²) in [6, 6.07) is 3.67. The van der Waals surface area contributed by atoms with Gasteiger partial charge in [-0.05, 0) is 140 Å². The Labute approximate surface area is 385 Å². The lowest BCUT2D eigenvalue weighted by atomic mass is 9.90. The van der Waals surface area contributed by atoms with Crippen LogP contribution < -0.4 is 10.2 Å². The van der Waals surface area contributed by atoms with Crippen molar-refractivity contribution in [3.05, 3.63) is 23.9 Å².